The maximum absolute atomic E-state index is 13.4. The van der Waals surface area contributed by atoms with Crippen molar-refractivity contribution in [3.05, 3.63) is 64.4 Å². The van der Waals surface area contributed by atoms with Crippen LogP contribution in [0.3, 0.4) is 0 Å². The SMILES string of the molecule is CN(Cc1cccc(F)c1Cl)c1ccc(/C(N)=N/O)cc1. The van der Waals surface area contributed by atoms with Crippen LogP contribution in [0.1, 0.15) is 11.1 Å². The minimum absolute atomic E-state index is 0.0531. The molecular weight excluding hydrogens is 293 g/mol. The van der Waals surface area contributed by atoms with E-state index in [0.29, 0.717) is 17.7 Å². The Morgan fingerprint density at radius 2 is 1.95 bits per heavy atom. The van der Waals surface area contributed by atoms with Crippen LogP contribution in [-0.2, 0) is 6.54 Å². The molecule has 2 aromatic carbocycles. The van der Waals surface area contributed by atoms with Crippen LogP contribution >= 0.6 is 11.6 Å². The van der Waals surface area contributed by atoms with Crippen molar-refractivity contribution < 1.29 is 9.60 Å². The van der Waals surface area contributed by atoms with Gasteiger partial charge in [-0.1, -0.05) is 28.9 Å². The average molecular weight is 308 g/mol. The number of halogens is 2. The van der Waals surface area contributed by atoms with Crippen molar-refractivity contribution in [3.63, 3.8) is 0 Å². The first-order valence-electron chi connectivity index (χ1n) is 6.25. The van der Waals surface area contributed by atoms with Crippen LogP contribution in [0.25, 0.3) is 0 Å². The number of nitrogens with two attached hydrogens (primary N) is 1. The predicted molar refractivity (Wildman–Crippen MR) is 82.5 cm³/mol. The molecule has 2 rings (SSSR count). The lowest BCUT2D eigenvalue weighted by Crippen LogP contribution is -2.17. The van der Waals surface area contributed by atoms with Gasteiger partial charge in [0.25, 0.3) is 0 Å². The first-order valence-corrected chi connectivity index (χ1v) is 6.62. The van der Waals surface area contributed by atoms with Crippen LogP contribution in [0.5, 0.6) is 0 Å². The van der Waals surface area contributed by atoms with Crippen LogP contribution in [0.15, 0.2) is 47.6 Å². The fraction of sp³-hybridized carbons (Fsp3) is 0.133. The lowest BCUT2D eigenvalue weighted by atomic mass is 10.1. The minimum atomic E-state index is -0.426. The third-order valence-corrected chi connectivity index (χ3v) is 3.57. The third-order valence-electron chi connectivity index (χ3n) is 3.15. The van der Waals surface area contributed by atoms with Gasteiger partial charge in [-0.05, 0) is 35.9 Å². The van der Waals surface area contributed by atoms with Gasteiger partial charge in [0.05, 0.1) is 5.02 Å². The van der Waals surface area contributed by atoms with Gasteiger partial charge in [0.2, 0.25) is 0 Å². The highest BCUT2D eigenvalue weighted by Gasteiger charge is 2.09. The zero-order valence-corrected chi connectivity index (χ0v) is 12.2. The minimum Gasteiger partial charge on any atom is -0.409 e. The summed E-state index contributed by atoms with van der Waals surface area (Å²) in [6.45, 7) is 0.472. The van der Waals surface area contributed by atoms with E-state index in [1.165, 1.54) is 6.07 Å². The molecule has 6 heteroatoms. The molecule has 0 aliphatic heterocycles. The second-order valence-corrected chi connectivity index (χ2v) is 4.98. The van der Waals surface area contributed by atoms with Crippen LogP contribution in [-0.4, -0.2) is 18.1 Å². The van der Waals surface area contributed by atoms with E-state index < -0.39 is 5.82 Å². The number of amidine groups is 1. The number of hydrogen-bond donors (Lipinski definition) is 2. The fourth-order valence-electron chi connectivity index (χ4n) is 1.96. The fourth-order valence-corrected chi connectivity index (χ4v) is 2.15. The zero-order chi connectivity index (χ0) is 15.4. The predicted octanol–water partition coefficient (Wildman–Crippen LogP) is 3.21. The van der Waals surface area contributed by atoms with Crippen molar-refractivity contribution in [3.8, 4) is 0 Å². The summed E-state index contributed by atoms with van der Waals surface area (Å²) < 4.78 is 13.4. The number of hydrogen-bond acceptors (Lipinski definition) is 3. The highest BCUT2D eigenvalue weighted by Crippen LogP contribution is 2.23. The molecule has 21 heavy (non-hydrogen) atoms. The van der Waals surface area contributed by atoms with Crippen LogP contribution < -0.4 is 10.6 Å². The summed E-state index contributed by atoms with van der Waals surface area (Å²) >= 11 is 5.95. The number of oxime groups is 1. The maximum atomic E-state index is 13.4. The molecule has 4 nitrogen and oxygen atoms in total. The Labute approximate surface area is 127 Å². The summed E-state index contributed by atoms with van der Waals surface area (Å²) in [5, 5.41) is 11.7. The molecule has 0 atom stereocenters. The summed E-state index contributed by atoms with van der Waals surface area (Å²) in [6.07, 6.45) is 0. The summed E-state index contributed by atoms with van der Waals surface area (Å²) in [6, 6.07) is 11.9. The average Bonchev–Trinajstić information content (AvgIpc) is 2.51. The number of rotatable bonds is 4. The van der Waals surface area contributed by atoms with E-state index in [-0.39, 0.29) is 10.9 Å². The molecule has 0 saturated heterocycles. The second kappa shape index (κ2) is 6.45. The summed E-state index contributed by atoms with van der Waals surface area (Å²) in [7, 11) is 1.87. The van der Waals surface area contributed by atoms with Crippen molar-refractivity contribution in [1.29, 1.82) is 0 Å². The van der Waals surface area contributed by atoms with E-state index in [1.54, 1.807) is 24.3 Å². The Hall–Kier alpha value is -2.27. The molecule has 0 aromatic heterocycles. The van der Waals surface area contributed by atoms with Crippen LogP contribution in [0.2, 0.25) is 5.02 Å². The Morgan fingerprint density at radius 1 is 1.29 bits per heavy atom. The highest BCUT2D eigenvalue weighted by molar-refractivity contribution is 6.31. The van der Waals surface area contributed by atoms with E-state index in [0.717, 1.165) is 5.69 Å². The topological polar surface area (TPSA) is 61.8 Å². The standard InChI is InChI=1S/C15H15ClFN3O/c1-20(9-11-3-2-4-13(17)14(11)16)12-7-5-10(6-8-12)15(18)19-21/h2-8,21H,9H2,1H3,(H2,18,19). The van der Waals surface area contributed by atoms with Gasteiger partial charge in [-0.25, -0.2) is 4.39 Å². The Morgan fingerprint density at radius 3 is 2.57 bits per heavy atom. The van der Waals surface area contributed by atoms with E-state index in [2.05, 4.69) is 5.16 Å². The molecule has 110 valence electrons. The second-order valence-electron chi connectivity index (χ2n) is 4.60. The van der Waals surface area contributed by atoms with E-state index >= 15 is 0 Å². The summed E-state index contributed by atoms with van der Waals surface area (Å²) in [5.41, 5.74) is 7.75. The van der Waals surface area contributed by atoms with Gasteiger partial charge in [-0.15, -0.1) is 0 Å². The van der Waals surface area contributed by atoms with Gasteiger partial charge in [0.15, 0.2) is 5.84 Å². The van der Waals surface area contributed by atoms with Gasteiger partial charge >= 0.3 is 0 Å². The summed E-state index contributed by atoms with van der Waals surface area (Å²) in [5.74, 6) is -0.373. The van der Waals surface area contributed by atoms with Crippen LogP contribution in [0, 0.1) is 5.82 Å². The van der Waals surface area contributed by atoms with Crippen molar-refractivity contribution >= 4 is 23.1 Å². The van der Waals surface area contributed by atoms with Crippen LogP contribution in [0.4, 0.5) is 10.1 Å². The van der Waals surface area contributed by atoms with Crippen molar-refractivity contribution in [2.24, 2.45) is 10.9 Å². The Bertz CT molecular complexity index is 658. The van der Waals surface area contributed by atoms with E-state index in [1.807, 2.05) is 24.1 Å². The molecule has 0 aliphatic rings. The molecule has 3 N–H and O–H groups in total. The molecule has 0 fully saturated rings. The molecular formula is C15H15ClFN3O. The molecule has 0 radical (unpaired) electrons. The Kier molecular flexibility index (Phi) is 4.65. The number of benzene rings is 2. The Balaban J connectivity index is 2.17. The number of nitrogens with zero attached hydrogens (tertiary/aromatic N) is 2. The molecule has 0 aliphatic carbocycles. The van der Waals surface area contributed by atoms with Gasteiger partial charge in [-0.2, -0.15) is 0 Å². The van der Waals surface area contributed by atoms with Crippen molar-refractivity contribution in [2.45, 2.75) is 6.54 Å². The maximum Gasteiger partial charge on any atom is 0.170 e. The largest absolute Gasteiger partial charge is 0.409 e. The first kappa shape index (κ1) is 15.1. The van der Waals surface area contributed by atoms with Gasteiger partial charge < -0.3 is 15.8 Å². The van der Waals surface area contributed by atoms with Crippen molar-refractivity contribution in [1.82, 2.24) is 0 Å². The lowest BCUT2D eigenvalue weighted by molar-refractivity contribution is 0.318. The highest BCUT2D eigenvalue weighted by atomic mass is 35.5. The lowest BCUT2D eigenvalue weighted by Gasteiger charge is -2.20. The molecule has 0 bridgehead atoms. The summed E-state index contributed by atoms with van der Waals surface area (Å²) in [4.78, 5) is 1.93. The van der Waals surface area contributed by atoms with E-state index in [4.69, 9.17) is 22.5 Å². The zero-order valence-electron chi connectivity index (χ0n) is 11.4. The molecule has 0 spiro atoms. The molecule has 0 amide bonds. The molecule has 2 aromatic rings. The first-order chi connectivity index (χ1) is 10.0. The van der Waals surface area contributed by atoms with Gasteiger partial charge in [-0.3, -0.25) is 0 Å². The number of anilines is 1. The molecule has 0 saturated carbocycles. The quantitative estimate of drug-likeness (QED) is 0.394. The van der Waals surface area contributed by atoms with Gasteiger partial charge in [0.1, 0.15) is 5.82 Å². The van der Waals surface area contributed by atoms with E-state index in [9.17, 15) is 4.39 Å². The van der Waals surface area contributed by atoms with Crippen molar-refractivity contribution in [2.75, 3.05) is 11.9 Å². The monoisotopic (exact) mass is 307 g/mol. The molecule has 0 heterocycles. The molecule has 0 unspecified atom stereocenters. The van der Waals surface area contributed by atoms with Gasteiger partial charge in [0, 0.05) is 24.8 Å². The smallest absolute Gasteiger partial charge is 0.170 e. The normalized spacial score (nSPS) is 11.5. The third kappa shape index (κ3) is 3.44.